The van der Waals surface area contributed by atoms with Gasteiger partial charge in [0.2, 0.25) is 11.5 Å². The van der Waals surface area contributed by atoms with Crippen LogP contribution in [0.1, 0.15) is 33.4 Å². The maximum atomic E-state index is 12.7. The number of carbonyl (C=O) groups excluding carboxylic acids is 2. The Kier molecular flexibility index (Phi) is 5.77. The van der Waals surface area contributed by atoms with Crippen molar-refractivity contribution < 1.29 is 18.7 Å². The summed E-state index contributed by atoms with van der Waals surface area (Å²) in [7, 11) is 0. The number of carbonyl (C=O) groups is 2. The molecule has 0 aliphatic carbocycles. The molecule has 1 aromatic carbocycles. The third kappa shape index (κ3) is 4.03. The Morgan fingerprint density at radius 2 is 1.79 bits per heavy atom. The molecule has 2 heterocycles. The van der Waals surface area contributed by atoms with Crippen molar-refractivity contribution in [3.8, 4) is 0 Å². The molecule has 0 spiro atoms. The van der Waals surface area contributed by atoms with Gasteiger partial charge in [-0.05, 0) is 24.6 Å². The SMILES string of the molecule is CCn1c(=O)c(C(=O)COC(=O)c2ccco2)c(N)n(Cc2ccccc2)c1=O. The first-order chi connectivity index (χ1) is 13.9. The summed E-state index contributed by atoms with van der Waals surface area (Å²) in [5.74, 6) is -2.01. The van der Waals surface area contributed by atoms with Gasteiger partial charge in [0.15, 0.2) is 6.61 Å². The van der Waals surface area contributed by atoms with E-state index in [4.69, 9.17) is 14.9 Å². The normalized spacial score (nSPS) is 10.7. The summed E-state index contributed by atoms with van der Waals surface area (Å²) < 4.78 is 11.9. The monoisotopic (exact) mass is 397 g/mol. The number of hydrogen-bond donors (Lipinski definition) is 1. The van der Waals surface area contributed by atoms with E-state index >= 15 is 0 Å². The predicted octanol–water partition coefficient (Wildman–Crippen LogP) is 1.29. The van der Waals surface area contributed by atoms with Crippen molar-refractivity contribution in [2.24, 2.45) is 0 Å². The van der Waals surface area contributed by atoms with E-state index in [9.17, 15) is 19.2 Å². The minimum Gasteiger partial charge on any atom is -0.457 e. The zero-order valence-corrected chi connectivity index (χ0v) is 15.7. The molecule has 3 aromatic rings. The van der Waals surface area contributed by atoms with Crippen molar-refractivity contribution in [3.05, 3.63) is 86.5 Å². The van der Waals surface area contributed by atoms with Crippen LogP contribution in [-0.4, -0.2) is 27.5 Å². The van der Waals surface area contributed by atoms with Crippen LogP contribution in [0.5, 0.6) is 0 Å². The highest BCUT2D eigenvalue weighted by Crippen LogP contribution is 2.11. The lowest BCUT2D eigenvalue weighted by atomic mass is 10.2. The highest BCUT2D eigenvalue weighted by atomic mass is 16.5. The molecule has 0 aliphatic heterocycles. The topological polar surface area (TPSA) is 127 Å². The fraction of sp³-hybridized carbons (Fsp3) is 0.200. The van der Waals surface area contributed by atoms with Crippen LogP contribution in [0.4, 0.5) is 5.82 Å². The molecule has 150 valence electrons. The quantitative estimate of drug-likeness (QED) is 0.470. The zero-order chi connectivity index (χ0) is 21.0. The summed E-state index contributed by atoms with van der Waals surface area (Å²) in [6.45, 7) is 1.03. The highest BCUT2D eigenvalue weighted by molar-refractivity contribution is 6.02. The molecule has 9 heteroatoms. The molecule has 0 fully saturated rings. The van der Waals surface area contributed by atoms with E-state index in [0.29, 0.717) is 0 Å². The van der Waals surface area contributed by atoms with Crippen LogP contribution in [0.25, 0.3) is 0 Å². The Balaban J connectivity index is 1.96. The van der Waals surface area contributed by atoms with E-state index in [1.54, 1.807) is 31.2 Å². The van der Waals surface area contributed by atoms with Crippen LogP contribution in [0.15, 0.2) is 62.7 Å². The average molecular weight is 397 g/mol. The molecule has 9 nitrogen and oxygen atoms in total. The lowest BCUT2D eigenvalue weighted by Gasteiger charge is -2.15. The number of hydrogen-bond acceptors (Lipinski definition) is 7. The van der Waals surface area contributed by atoms with Gasteiger partial charge in [-0.1, -0.05) is 30.3 Å². The van der Waals surface area contributed by atoms with E-state index in [1.165, 1.54) is 18.4 Å². The Hall–Kier alpha value is -3.88. The van der Waals surface area contributed by atoms with Gasteiger partial charge in [-0.3, -0.25) is 18.7 Å². The second-order valence-corrected chi connectivity index (χ2v) is 6.14. The summed E-state index contributed by atoms with van der Waals surface area (Å²) in [4.78, 5) is 49.8. The standard InChI is InChI=1S/C20H19N3O6/c1-2-22-18(25)16(14(24)12-29-19(26)15-9-6-10-28-15)17(21)23(20(22)27)11-13-7-4-3-5-8-13/h3-10H,2,11-12,21H2,1H3. The number of esters is 1. The number of Topliss-reactive ketones (excluding diaryl/α,β-unsaturated/α-hetero) is 1. The number of ether oxygens (including phenoxy) is 1. The molecule has 2 N–H and O–H groups in total. The van der Waals surface area contributed by atoms with Gasteiger partial charge in [-0.25, -0.2) is 9.59 Å². The van der Waals surface area contributed by atoms with Gasteiger partial charge >= 0.3 is 11.7 Å². The van der Waals surface area contributed by atoms with E-state index in [2.05, 4.69) is 0 Å². The van der Waals surface area contributed by atoms with Gasteiger partial charge in [0.25, 0.3) is 5.56 Å². The Morgan fingerprint density at radius 3 is 2.41 bits per heavy atom. The molecular formula is C20H19N3O6. The third-order valence-corrected chi connectivity index (χ3v) is 4.30. The lowest BCUT2D eigenvalue weighted by molar-refractivity contribution is 0.0443. The maximum Gasteiger partial charge on any atom is 0.374 e. The Labute approximate surface area is 164 Å². The van der Waals surface area contributed by atoms with Crippen molar-refractivity contribution in [3.63, 3.8) is 0 Å². The number of rotatable bonds is 7. The molecule has 3 rings (SSSR count). The first-order valence-corrected chi connectivity index (χ1v) is 8.84. The number of nitrogen functional groups attached to an aromatic ring is 1. The van der Waals surface area contributed by atoms with Crippen molar-refractivity contribution in [1.82, 2.24) is 9.13 Å². The van der Waals surface area contributed by atoms with Crippen LogP contribution < -0.4 is 17.0 Å². The fourth-order valence-corrected chi connectivity index (χ4v) is 2.84. The molecule has 2 aromatic heterocycles. The van der Waals surface area contributed by atoms with Gasteiger partial charge in [-0.15, -0.1) is 0 Å². The number of furan rings is 1. The number of nitrogens with two attached hydrogens (primary N) is 1. The summed E-state index contributed by atoms with van der Waals surface area (Å²) in [5, 5.41) is 0. The largest absolute Gasteiger partial charge is 0.457 e. The summed E-state index contributed by atoms with van der Waals surface area (Å²) >= 11 is 0. The molecular weight excluding hydrogens is 378 g/mol. The molecule has 29 heavy (non-hydrogen) atoms. The predicted molar refractivity (Wildman–Crippen MR) is 104 cm³/mol. The molecule has 0 amide bonds. The van der Waals surface area contributed by atoms with Crippen molar-refractivity contribution in [2.75, 3.05) is 12.3 Å². The number of anilines is 1. The molecule has 0 atom stereocenters. The van der Waals surface area contributed by atoms with Crippen LogP contribution >= 0.6 is 0 Å². The average Bonchev–Trinajstić information content (AvgIpc) is 3.25. The number of ketones is 1. The van der Waals surface area contributed by atoms with Gasteiger partial charge < -0.3 is 14.9 Å². The van der Waals surface area contributed by atoms with Crippen molar-refractivity contribution >= 4 is 17.6 Å². The van der Waals surface area contributed by atoms with Crippen LogP contribution in [0.2, 0.25) is 0 Å². The Morgan fingerprint density at radius 1 is 1.07 bits per heavy atom. The second-order valence-electron chi connectivity index (χ2n) is 6.14. The van der Waals surface area contributed by atoms with Gasteiger partial charge in [0.1, 0.15) is 11.4 Å². The fourth-order valence-electron chi connectivity index (χ4n) is 2.84. The molecule has 0 bridgehead atoms. The first kappa shape index (κ1) is 19.9. The molecule has 0 saturated heterocycles. The van der Waals surface area contributed by atoms with Crippen LogP contribution in [0, 0.1) is 0 Å². The summed E-state index contributed by atoms with van der Waals surface area (Å²) in [6.07, 6.45) is 1.29. The molecule has 0 aliphatic rings. The van der Waals surface area contributed by atoms with Gasteiger partial charge in [-0.2, -0.15) is 0 Å². The molecule has 0 radical (unpaired) electrons. The lowest BCUT2D eigenvalue weighted by Crippen LogP contribution is -2.44. The number of benzene rings is 1. The first-order valence-electron chi connectivity index (χ1n) is 8.84. The number of aromatic nitrogens is 2. The zero-order valence-electron chi connectivity index (χ0n) is 15.7. The third-order valence-electron chi connectivity index (χ3n) is 4.30. The minimum atomic E-state index is -0.852. The van der Waals surface area contributed by atoms with Gasteiger partial charge in [0, 0.05) is 6.54 Å². The minimum absolute atomic E-state index is 0.0548. The Bertz CT molecular complexity index is 1140. The highest BCUT2D eigenvalue weighted by Gasteiger charge is 2.24. The van der Waals surface area contributed by atoms with Crippen molar-refractivity contribution in [1.29, 1.82) is 0 Å². The van der Waals surface area contributed by atoms with E-state index in [0.717, 1.165) is 14.7 Å². The smallest absolute Gasteiger partial charge is 0.374 e. The number of nitrogens with zero attached hydrogens (tertiary/aromatic N) is 2. The van der Waals surface area contributed by atoms with Crippen molar-refractivity contribution in [2.45, 2.75) is 20.0 Å². The maximum absolute atomic E-state index is 12.7. The van der Waals surface area contributed by atoms with E-state index in [-0.39, 0.29) is 24.7 Å². The van der Waals surface area contributed by atoms with E-state index in [1.807, 2.05) is 6.07 Å². The van der Waals surface area contributed by atoms with E-state index < -0.39 is 35.2 Å². The summed E-state index contributed by atoms with van der Waals surface area (Å²) in [6, 6.07) is 11.9. The second kappa shape index (κ2) is 8.42. The van der Waals surface area contributed by atoms with Crippen LogP contribution in [-0.2, 0) is 17.8 Å². The van der Waals surface area contributed by atoms with Crippen LogP contribution in [0.3, 0.4) is 0 Å². The summed E-state index contributed by atoms with van der Waals surface area (Å²) in [5.41, 5.74) is 4.96. The molecule has 0 saturated carbocycles. The van der Waals surface area contributed by atoms with Gasteiger partial charge in [0.05, 0.1) is 12.8 Å². The molecule has 0 unspecified atom stereocenters.